The minimum absolute atomic E-state index is 0.284. The Morgan fingerprint density at radius 3 is 1.06 bits per heavy atom. The molecule has 0 aliphatic carbocycles. The zero-order valence-electron chi connectivity index (χ0n) is 22.8. The van der Waals surface area contributed by atoms with Gasteiger partial charge in [0.25, 0.3) is 0 Å². The first kappa shape index (κ1) is 27.5. The van der Waals surface area contributed by atoms with Crippen LogP contribution in [-0.2, 0) is 0 Å². The maximum Gasteiger partial charge on any atom is 0.0637 e. The van der Waals surface area contributed by atoms with Gasteiger partial charge in [-0.1, -0.05) is 105 Å². The lowest BCUT2D eigenvalue weighted by Gasteiger charge is -2.33. The third-order valence-electron chi connectivity index (χ3n) is 6.76. The van der Waals surface area contributed by atoms with Gasteiger partial charge in [-0.15, -0.1) is 0 Å². The highest BCUT2D eigenvalue weighted by Crippen LogP contribution is 2.44. The van der Waals surface area contributed by atoms with Gasteiger partial charge in [-0.2, -0.15) is 0 Å². The monoisotopic (exact) mass is 456 g/mol. The van der Waals surface area contributed by atoms with Crippen molar-refractivity contribution in [2.45, 2.75) is 91.9 Å². The van der Waals surface area contributed by atoms with E-state index in [9.17, 15) is 5.41 Å². The molecule has 0 saturated carbocycles. The fraction of sp³-hybridized carbons (Fsp3) is 0.438. The van der Waals surface area contributed by atoms with Gasteiger partial charge in [-0.3, -0.25) is 0 Å². The molecule has 0 spiro atoms. The topological polar surface area (TPSA) is 47.7 Å². The van der Waals surface area contributed by atoms with Crippen LogP contribution >= 0.6 is 0 Å². The predicted molar refractivity (Wildman–Crippen MR) is 152 cm³/mol. The van der Waals surface area contributed by atoms with E-state index >= 15 is 0 Å². The normalized spacial score (nSPS) is 11.7. The molecular formula is C32H44N2. The van der Waals surface area contributed by atoms with E-state index in [4.69, 9.17) is 5.41 Å². The van der Waals surface area contributed by atoms with Gasteiger partial charge >= 0.3 is 0 Å². The number of nitrogens with one attached hydrogen (secondary N) is 2. The lowest BCUT2D eigenvalue weighted by molar-refractivity contribution is 0.764. The molecule has 0 fully saturated rings. The van der Waals surface area contributed by atoms with Gasteiger partial charge < -0.3 is 10.8 Å². The Morgan fingerprint density at radius 2 is 0.882 bits per heavy atom. The number of hydrogen-bond donors (Lipinski definition) is 2. The van der Waals surface area contributed by atoms with Crippen molar-refractivity contribution in [1.29, 1.82) is 10.8 Å². The summed E-state index contributed by atoms with van der Waals surface area (Å²) in [6.07, 6.45) is 3.84. The first-order valence-electron chi connectivity index (χ1n) is 12.6. The lowest BCUT2D eigenvalue weighted by Crippen LogP contribution is -2.26. The summed E-state index contributed by atoms with van der Waals surface area (Å²) in [5.74, 6) is 0.842. The summed E-state index contributed by atoms with van der Waals surface area (Å²) in [6, 6.07) is 8.95. The minimum Gasteiger partial charge on any atom is -0.304 e. The molecule has 2 nitrogen and oxygen atoms in total. The van der Waals surface area contributed by atoms with Crippen LogP contribution in [0.25, 0.3) is 12.2 Å². The Bertz CT molecular complexity index is 962. The van der Waals surface area contributed by atoms with Gasteiger partial charge in [0, 0.05) is 5.71 Å². The molecule has 2 rings (SSSR count). The van der Waals surface area contributed by atoms with Crippen molar-refractivity contribution >= 4 is 23.6 Å². The SMILES string of the molecule is C=Cc1cc(C(C)C)c(C(C(=N)C(C)=N)c2c(C(C)C)cc(C=C)cc2C(C)C)c(C(C)C)c1. The van der Waals surface area contributed by atoms with Gasteiger partial charge in [0.2, 0.25) is 0 Å². The summed E-state index contributed by atoms with van der Waals surface area (Å²) in [4.78, 5) is 0. The zero-order valence-corrected chi connectivity index (χ0v) is 22.8. The molecule has 182 valence electrons. The average Bonchev–Trinajstić information content (AvgIpc) is 2.77. The van der Waals surface area contributed by atoms with Crippen LogP contribution in [0.5, 0.6) is 0 Å². The van der Waals surface area contributed by atoms with Crippen molar-refractivity contribution in [1.82, 2.24) is 0 Å². The maximum atomic E-state index is 9.26. The average molecular weight is 457 g/mol. The second-order valence-corrected chi connectivity index (χ2v) is 10.7. The number of benzene rings is 2. The van der Waals surface area contributed by atoms with Crippen LogP contribution in [0.4, 0.5) is 0 Å². The molecule has 0 aromatic heterocycles. The highest BCUT2D eigenvalue weighted by Gasteiger charge is 2.33. The molecule has 2 N–H and O–H groups in total. The van der Waals surface area contributed by atoms with Crippen LogP contribution in [0.15, 0.2) is 37.4 Å². The number of hydrogen-bond acceptors (Lipinski definition) is 2. The first-order chi connectivity index (χ1) is 15.8. The lowest BCUT2D eigenvalue weighted by atomic mass is 9.71. The van der Waals surface area contributed by atoms with Crippen LogP contribution in [0, 0.1) is 10.8 Å². The maximum absolute atomic E-state index is 9.26. The predicted octanol–water partition coefficient (Wildman–Crippen LogP) is 9.66. The Morgan fingerprint density at radius 1 is 0.618 bits per heavy atom. The molecule has 0 bridgehead atoms. The molecule has 2 heteroatoms. The fourth-order valence-electron chi connectivity index (χ4n) is 4.91. The van der Waals surface area contributed by atoms with Crippen molar-refractivity contribution in [3.8, 4) is 0 Å². The summed E-state index contributed by atoms with van der Waals surface area (Å²) in [5, 5.41) is 17.8. The molecule has 2 aromatic rings. The molecule has 0 radical (unpaired) electrons. The second kappa shape index (κ2) is 11.1. The zero-order chi connectivity index (χ0) is 25.9. The Balaban J connectivity index is 3.19. The van der Waals surface area contributed by atoms with E-state index < -0.39 is 0 Å². The second-order valence-electron chi connectivity index (χ2n) is 10.7. The Hall–Kier alpha value is -2.74. The molecule has 0 unspecified atom stereocenters. The van der Waals surface area contributed by atoms with E-state index in [0.717, 1.165) is 11.1 Å². The molecule has 0 amide bonds. The van der Waals surface area contributed by atoms with E-state index in [-0.39, 0.29) is 29.6 Å². The van der Waals surface area contributed by atoms with Gasteiger partial charge in [-0.25, -0.2) is 0 Å². The summed E-state index contributed by atoms with van der Waals surface area (Å²) in [5.41, 5.74) is 10.3. The van der Waals surface area contributed by atoms with Gasteiger partial charge in [0.15, 0.2) is 0 Å². The van der Waals surface area contributed by atoms with Crippen molar-refractivity contribution < 1.29 is 0 Å². The highest BCUT2D eigenvalue weighted by molar-refractivity contribution is 6.41. The fourth-order valence-corrected chi connectivity index (χ4v) is 4.91. The summed E-state index contributed by atoms with van der Waals surface area (Å²) in [7, 11) is 0. The van der Waals surface area contributed by atoms with Crippen LogP contribution < -0.4 is 0 Å². The standard InChI is InChI=1S/C32H44N2/c1-12-23-14-25(18(3)4)29(26(15-23)19(5)6)31(32(34)22(11)33)30-27(20(7)8)16-24(13-2)17-28(30)21(9)10/h12-21,31,33-34H,1-2H2,3-11H3. The first-order valence-corrected chi connectivity index (χ1v) is 12.6. The van der Waals surface area contributed by atoms with Crippen LogP contribution in [0.1, 0.15) is 136 Å². The van der Waals surface area contributed by atoms with E-state index in [1.807, 2.05) is 12.2 Å². The van der Waals surface area contributed by atoms with Crippen molar-refractivity contribution in [3.05, 3.63) is 81.9 Å². The summed E-state index contributed by atoms with van der Waals surface area (Å²) >= 11 is 0. The third kappa shape index (κ3) is 5.49. The van der Waals surface area contributed by atoms with Crippen molar-refractivity contribution in [2.75, 3.05) is 0 Å². The Kier molecular flexibility index (Phi) is 9.00. The molecule has 34 heavy (non-hydrogen) atoms. The summed E-state index contributed by atoms with van der Waals surface area (Å²) in [6.45, 7) is 27.6. The molecule has 0 aliphatic rings. The van der Waals surface area contributed by atoms with Crippen LogP contribution in [0.2, 0.25) is 0 Å². The van der Waals surface area contributed by atoms with Gasteiger partial charge in [0.1, 0.15) is 0 Å². The Labute approximate surface area is 208 Å². The molecule has 0 heterocycles. The van der Waals surface area contributed by atoms with Gasteiger partial charge in [0.05, 0.1) is 11.6 Å². The highest BCUT2D eigenvalue weighted by atomic mass is 14.5. The largest absolute Gasteiger partial charge is 0.304 e. The smallest absolute Gasteiger partial charge is 0.0637 e. The van der Waals surface area contributed by atoms with E-state index in [1.54, 1.807) is 6.92 Å². The molecule has 2 aromatic carbocycles. The van der Waals surface area contributed by atoms with Crippen LogP contribution in [-0.4, -0.2) is 11.4 Å². The van der Waals surface area contributed by atoms with E-state index in [1.165, 1.54) is 33.4 Å². The van der Waals surface area contributed by atoms with Crippen molar-refractivity contribution in [2.24, 2.45) is 0 Å². The van der Waals surface area contributed by atoms with E-state index in [2.05, 4.69) is 92.8 Å². The van der Waals surface area contributed by atoms with E-state index in [0.29, 0.717) is 11.4 Å². The summed E-state index contributed by atoms with van der Waals surface area (Å²) < 4.78 is 0. The van der Waals surface area contributed by atoms with Gasteiger partial charge in [-0.05, 0) is 75.1 Å². The molecule has 0 aliphatic heterocycles. The minimum atomic E-state index is -0.292. The van der Waals surface area contributed by atoms with Crippen molar-refractivity contribution in [3.63, 3.8) is 0 Å². The third-order valence-corrected chi connectivity index (χ3v) is 6.76. The molecule has 0 saturated heterocycles. The molecular weight excluding hydrogens is 412 g/mol. The van der Waals surface area contributed by atoms with Crippen LogP contribution in [0.3, 0.4) is 0 Å². The molecule has 0 atom stereocenters. The number of rotatable bonds is 10. The quantitative estimate of drug-likeness (QED) is 0.334.